The molecule has 1 aromatic carbocycles. The molecule has 2 N–H and O–H groups in total. The number of nitrogens with zero attached hydrogens (tertiary/aromatic N) is 1. The smallest absolute Gasteiger partial charge is 0.246 e. The normalized spacial score (nSPS) is 23.0. The van der Waals surface area contributed by atoms with Gasteiger partial charge in [-0.15, -0.1) is 0 Å². The van der Waals surface area contributed by atoms with E-state index in [4.69, 9.17) is 40.5 Å². The second-order valence-electron chi connectivity index (χ2n) is 5.21. The van der Waals surface area contributed by atoms with Gasteiger partial charge in [0.15, 0.2) is 0 Å². The van der Waals surface area contributed by atoms with Gasteiger partial charge in [-0.25, -0.2) is 8.42 Å². The first-order valence-electron chi connectivity index (χ1n) is 6.61. The first-order chi connectivity index (χ1) is 9.78. The lowest BCUT2D eigenvalue weighted by molar-refractivity contribution is 0.304. The van der Waals surface area contributed by atoms with Crippen LogP contribution in [0.1, 0.15) is 19.3 Å². The van der Waals surface area contributed by atoms with E-state index in [2.05, 4.69) is 0 Å². The van der Waals surface area contributed by atoms with Crippen LogP contribution in [-0.4, -0.2) is 32.4 Å². The maximum Gasteiger partial charge on any atom is 0.246 e. The lowest BCUT2D eigenvalue weighted by Crippen LogP contribution is -2.41. The van der Waals surface area contributed by atoms with Crippen LogP contribution >= 0.6 is 34.8 Å². The second-order valence-corrected chi connectivity index (χ2v) is 8.40. The first-order valence-corrected chi connectivity index (χ1v) is 9.19. The van der Waals surface area contributed by atoms with Crippen molar-refractivity contribution in [2.75, 3.05) is 13.6 Å². The van der Waals surface area contributed by atoms with Crippen molar-refractivity contribution in [1.82, 2.24) is 4.31 Å². The van der Waals surface area contributed by atoms with Gasteiger partial charge in [0.1, 0.15) is 4.90 Å². The minimum absolute atomic E-state index is 0.0293. The molecule has 1 fully saturated rings. The van der Waals surface area contributed by atoms with Crippen molar-refractivity contribution in [3.8, 4) is 0 Å². The molecule has 0 aliphatic heterocycles. The Labute approximate surface area is 140 Å². The summed E-state index contributed by atoms with van der Waals surface area (Å²) in [6.45, 7) is 0.465. The lowest BCUT2D eigenvalue weighted by Gasteiger charge is -2.29. The van der Waals surface area contributed by atoms with E-state index in [-0.39, 0.29) is 26.9 Å². The number of nitrogens with two attached hydrogens (primary N) is 1. The highest BCUT2D eigenvalue weighted by molar-refractivity contribution is 7.89. The molecule has 0 amide bonds. The van der Waals surface area contributed by atoms with Crippen LogP contribution in [0.4, 0.5) is 0 Å². The van der Waals surface area contributed by atoms with Crippen molar-refractivity contribution in [3.05, 3.63) is 27.2 Å². The van der Waals surface area contributed by atoms with Gasteiger partial charge in [0.05, 0.1) is 10.0 Å². The standard InChI is InChI=1S/C13H17Cl3N2O2S/c1-18(12-4-2-3-8(12)7-17)21(19,20)13-10(15)5-9(14)6-11(13)16/h5-6,8,12H,2-4,7,17H2,1H3. The van der Waals surface area contributed by atoms with Crippen molar-refractivity contribution in [3.63, 3.8) is 0 Å². The Kier molecular flexibility index (Phi) is 5.45. The maximum absolute atomic E-state index is 12.8. The lowest BCUT2D eigenvalue weighted by atomic mass is 10.0. The van der Waals surface area contributed by atoms with E-state index in [1.807, 2.05) is 0 Å². The van der Waals surface area contributed by atoms with Gasteiger partial charge < -0.3 is 5.73 Å². The summed E-state index contributed by atoms with van der Waals surface area (Å²) in [4.78, 5) is -0.0968. The number of hydrogen-bond donors (Lipinski definition) is 1. The van der Waals surface area contributed by atoms with Crippen LogP contribution in [0.25, 0.3) is 0 Å². The highest BCUT2D eigenvalue weighted by Crippen LogP contribution is 2.37. The first kappa shape index (κ1) is 17.3. The van der Waals surface area contributed by atoms with Crippen molar-refractivity contribution >= 4 is 44.8 Å². The fourth-order valence-electron chi connectivity index (χ4n) is 2.87. The molecule has 4 nitrogen and oxygen atoms in total. The predicted octanol–water partition coefficient (Wildman–Crippen LogP) is 3.39. The van der Waals surface area contributed by atoms with E-state index in [0.29, 0.717) is 11.6 Å². The molecule has 2 rings (SSSR count). The second kappa shape index (κ2) is 6.60. The minimum Gasteiger partial charge on any atom is -0.330 e. The van der Waals surface area contributed by atoms with E-state index in [9.17, 15) is 8.42 Å². The fourth-order valence-corrected chi connectivity index (χ4v) is 5.80. The molecule has 0 bridgehead atoms. The van der Waals surface area contributed by atoms with E-state index in [1.54, 1.807) is 7.05 Å². The number of hydrogen-bond acceptors (Lipinski definition) is 3. The summed E-state index contributed by atoms with van der Waals surface area (Å²) in [7, 11) is -2.24. The molecule has 0 aromatic heterocycles. The van der Waals surface area contributed by atoms with Crippen LogP contribution in [-0.2, 0) is 10.0 Å². The van der Waals surface area contributed by atoms with Gasteiger partial charge in [0.25, 0.3) is 0 Å². The number of rotatable bonds is 4. The van der Waals surface area contributed by atoms with E-state index in [1.165, 1.54) is 16.4 Å². The monoisotopic (exact) mass is 370 g/mol. The summed E-state index contributed by atoms with van der Waals surface area (Å²) in [5.74, 6) is 0.162. The summed E-state index contributed by atoms with van der Waals surface area (Å²) in [5.41, 5.74) is 5.73. The number of halogens is 3. The van der Waals surface area contributed by atoms with Crippen molar-refractivity contribution in [2.45, 2.75) is 30.2 Å². The van der Waals surface area contributed by atoms with Crippen LogP contribution in [0.15, 0.2) is 17.0 Å². The molecule has 8 heteroatoms. The molecule has 1 aromatic rings. The SMILES string of the molecule is CN(C1CCCC1CN)S(=O)(=O)c1c(Cl)cc(Cl)cc1Cl. The summed E-state index contributed by atoms with van der Waals surface area (Å²) in [6, 6.07) is 2.64. The Morgan fingerprint density at radius 3 is 2.33 bits per heavy atom. The van der Waals surface area contributed by atoms with Crippen LogP contribution in [0, 0.1) is 5.92 Å². The molecular formula is C13H17Cl3N2O2S. The van der Waals surface area contributed by atoms with Crippen LogP contribution in [0.5, 0.6) is 0 Å². The number of sulfonamides is 1. The summed E-state index contributed by atoms with van der Waals surface area (Å²) >= 11 is 17.9. The van der Waals surface area contributed by atoms with Gasteiger partial charge in [-0.3, -0.25) is 0 Å². The van der Waals surface area contributed by atoms with Crippen molar-refractivity contribution in [1.29, 1.82) is 0 Å². The Hall–Kier alpha value is -0.0400. The fraction of sp³-hybridized carbons (Fsp3) is 0.538. The van der Waals surface area contributed by atoms with Gasteiger partial charge in [0.2, 0.25) is 10.0 Å². The summed E-state index contributed by atoms with van der Waals surface area (Å²) in [6.07, 6.45) is 2.69. The minimum atomic E-state index is -3.79. The summed E-state index contributed by atoms with van der Waals surface area (Å²) in [5, 5.41) is 0.357. The molecule has 0 saturated heterocycles. The Morgan fingerprint density at radius 2 is 1.81 bits per heavy atom. The van der Waals surface area contributed by atoms with E-state index < -0.39 is 10.0 Å². The molecule has 1 aliphatic carbocycles. The van der Waals surface area contributed by atoms with Gasteiger partial charge in [-0.05, 0) is 37.4 Å². The Bertz CT molecular complexity index is 613. The topological polar surface area (TPSA) is 63.4 Å². The third-order valence-corrected chi connectivity index (χ3v) is 7.01. The van der Waals surface area contributed by atoms with Gasteiger partial charge in [-0.1, -0.05) is 41.2 Å². The Morgan fingerprint density at radius 1 is 1.24 bits per heavy atom. The summed E-state index contributed by atoms with van der Waals surface area (Å²) < 4.78 is 27.0. The van der Waals surface area contributed by atoms with Crippen molar-refractivity contribution in [2.24, 2.45) is 11.7 Å². The molecule has 2 atom stereocenters. The van der Waals surface area contributed by atoms with Crippen LogP contribution in [0.2, 0.25) is 15.1 Å². The number of benzene rings is 1. The zero-order valence-electron chi connectivity index (χ0n) is 11.5. The average Bonchev–Trinajstić information content (AvgIpc) is 2.83. The van der Waals surface area contributed by atoms with E-state index >= 15 is 0 Å². The molecule has 0 radical (unpaired) electrons. The zero-order valence-corrected chi connectivity index (χ0v) is 14.6. The molecule has 1 aliphatic rings. The molecule has 21 heavy (non-hydrogen) atoms. The highest BCUT2D eigenvalue weighted by Gasteiger charge is 2.37. The molecule has 118 valence electrons. The third-order valence-electron chi connectivity index (χ3n) is 3.99. The third kappa shape index (κ3) is 3.33. The van der Waals surface area contributed by atoms with Gasteiger partial charge in [0, 0.05) is 18.1 Å². The highest BCUT2D eigenvalue weighted by atomic mass is 35.5. The zero-order chi connectivity index (χ0) is 15.8. The maximum atomic E-state index is 12.8. The van der Waals surface area contributed by atoms with E-state index in [0.717, 1.165) is 19.3 Å². The Balaban J connectivity index is 2.43. The average molecular weight is 372 g/mol. The molecule has 0 heterocycles. The molecular weight excluding hydrogens is 355 g/mol. The van der Waals surface area contributed by atoms with Crippen LogP contribution < -0.4 is 5.73 Å². The van der Waals surface area contributed by atoms with Gasteiger partial charge in [-0.2, -0.15) is 4.31 Å². The predicted molar refractivity (Wildman–Crippen MR) is 86.6 cm³/mol. The molecule has 2 unspecified atom stereocenters. The molecule has 0 spiro atoms. The van der Waals surface area contributed by atoms with Crippen LogP contribution in [0.3, 0.4) is 0 Å². The molecule has 1 saturated carbocycles. The van der Waals surface area contributed by atoms with Gasteiger partial charge >= 0.3 is 0 Å². The largest absolute Gasteiger partial charge is 0.330 e. The van der Waals surface area contributed by atoms with Crippen molar-refractivity contribution < 1.29 is 8.42 Å². The quantitative estimate of drug-likeness (QED) is 0.882.